The molecule has 1 aromatic rings. The number of nitrogens with one attached hydrogen (secondary N) is 1. The molecule has 0 bridgehead atoms. The number of carbonyl (C=O) groups excluding carboxylic acids is 2. The zero-order valence-corrected chi connectivity index (χ0v) is 15.5. The number of carbonyl (C=O) groups is 2. The highest BCUT2D eigenvalue weighted by atomic mass is 19.1. The molecule has 0 radical (unpaired) electrons. The van der Waals surface area contributed by atoms with E-state index in [1.807, 2.05) is 20.8 Å². The van der Waals surface area contributed by atoms with E-state index in [2.05, 4.69) is 5.32 Å². The molecule has 0 aromatic heterocycles. The molecule has 0 saturated heterocycles. The molecule has 0 atom stereocenters. The van der Waals surface area contributed by atoms with E-state index in [9.17, 15) is 14.0 Å². The van der Waals surface area contributed by atoms with Crippen molar-refractivity contribution in [1.29, 1.82) is 0 Å². The van der Waals surface area contributed by atoms with Crippen LogP contribution in [0.4, 0.5) is 4.39 Å². The predicted molar refractivity (Wildman–Crippen MR) is 97.7 cm³/mol. The first kappa shape index (κ1) is 19.9. The van der Waals surface area contributed by atoms with Crippen molar-refractivity contribution in [3.63, 3.8) is 0 Å². The average molecular weight is 363 g/mol. The van der Waals surface area contributed by atoms with Gasteiger partial charge in [0, 0.05) is 29.8 Å². The lowest BCUT2D eigenvalue weighted by Crippen LogP contribution is -2.48. The van der Waals surface area contributed by atoms with Gasteiger partial charge in [-0.25, -0.2) is 4.39 Å². The van der Waals surface area contributed by atoms with Crippen molar-refractivity contribution in [2.24, 2.45) is 5.73 Å². The van der Waals surface area contributed by atoms with E-state index in [0.717, 1.165) is 5.56 Å². The molecule has 0 aliphatic carbocycles. The Kier molecular flexibility index (Phi) is 6.37. The summed E-state index contributed by atoms with van der Waals surface area (Å²) in [7, 11) is 0. The molecule has 26 heavy (non-hydrogen) atoms. The van der Waals surface area contributed by atoms with Gasteiger partial charge in [-0.2, -0.15) is 0 Å². The van der Waals surface area contributed by atoms with Crippen molar-refractivity contribution < 1.29 is 18.7 Å². The van der Waals surface area contributed by atoms with Gasteiger partial charge in [-0.1, -0.05) is 0 Å². The van der Waals surface area contributed by atoms with E-state index in [-0.39, 0.29) is 37.0 Å². The zero-order valence-electron chi connectivity index (χ0n) is 15.5. The van der Waals surface area contributed by atoms with Crippen molar-refractivity contribution in [3.8, 4) is 5.75 Å². The molecule has 1 aromatic carbocycles. The van der Waals surface area contributed by atoms with Crippen LogP contribution in [0, 0.1) is 0 Å². The van der Waals surface area contributed by atoms with E-state index in [1.165, 1.54) is 0 Å². The number of hydrogen-bond donors (Lipinski definition) is 2. The summed E-state index contributed by atoms with van der Waals surface area (Å²) in [4.78, 5) is 26.2. The Morgan fingerprint density at radius 2 is 2.15 bits per heavy atom. The van der Waals surface area contributed by atoms with Gasteiger partial charge in [0.25, 0.3) is 5.91 Å². The molecule has 2 rings (SSSR count). The van der Waals surface area contributed by atoms with Crippen LogP contribution in [-0.2, 0) is 11.2 Å². The molecule has 0 saturated carbocycles. The van der Waals surface area contributed by atoms with Crippen LogP contribution in [0.2, 0.25) is 0 Å². The Morgan fingerprint density at radius 3 is 2.77 bits per heavy atom. The van der Waals surface area contributed by atoms with Crippen molar-refractivity contribution in [2.75, 3.05) is 26.2 Å². The van der Waals surface area contributed by atoms with E-state index in [1.54, 1.807) is 23.1 Å². The number of nitrogens with zero attached hydrogens (tertiary/aromatic N) is 1. The molecule has 7 heteroatoms. The van der Waals surface area contributed by atoms with Gasteiger partial charge in [0.1, 0.15) is 12.4 Å². The van der Waals surface area contributed by atoms with Crippen LogP contribution in [0.1, 0.15) is 36.7 Å². The maximum Gasteiger partial charge on any atom is 0.254 e. The molecule has 2 amide bonds. The maximum absolute atomic E-state index is 12.6. The predicted octanol–water partition coefficient (Wildman–Crippen LogP) is 1.79. The average Bonchev–Trinajstić information content (AvgIpc) is 2.56. The number of fused-ring (bicyclic) bond motifs is 1. The van der Waals surface area contributed by atoms with Crippen LogP contribution >= 0.6 is 0 Å². The second-order valence-electron chi connectivity index (χ2n) is 7.35. The molecule has 3 N–H and O–H groups in total. The monoisotopic (exact) mass is 363 g/mol. The Labute approximate surface area is 153 Å². The Balaban J connectivity index is 2.03. The van der Waals surface area contributed by atoms with Gasteiger partial charge < -0.3 is 20.7 Å². The van der Waals surface area contributed by atoms with Gasteiger partial charge in [-0.05, 0) is 51.0 Å². The minimum Gasteiger partial charge on any atom is -0.489 e. The van der Waals surface area contributed by atoms with Gasteiger partial charge >= 0.3 is 0 Å². The fourth-order valence-corrected chi connectivity index (χ4v) is 2.70. The first-order chi connectivity index (χ1) is 12.2. The van der Waals surface area contributed by atoms with Crippen molar-refractivity contribution >= 4 is 11.8 Å². The molecule has 1 heterocycles. The summed E-state index contributed by atoms with van der Waals surface area (Å²) < 4.78 is 18.1. The largest absolute Gasteiger partial charge is 0.489 e. The lowest BCUT2D eigenvalue weighted by atomic mass is 9.98. The summed E-state index contributed by atoms with van der Waals surface area (Å²) in [5.74, 6) is 0.206. The normalized spacial score (nSPS) is 14.9. The third-order valence-corrected chi connectivity index (χ3v) is 3.93. The first-order valence-electron chi connectivity index (χ1n) is 8.57. The van der Waals surface area contributed by atoms with Gasteiger partial charge in [-0.3, -0.25) is 9.59 Å². The number of benzene rings is 1. The van der Waals surface area contributed by atoms with Gasteiger partial charge in [0.05, 0.1) is 12.9 Å². The summed E-state index contributed by atoms with van der Waals surface area (Å²) in [6, 6.07) is 5.14. The zero-order chi connectivity index (χ0) is 19.3. The van der Waals surface area contributed by atoms with E-state index < -0.39 is 0 Å². The number of hydrogen-bond acceptors (Lipinski definition) is 4. The summed E-state index contributed by atoms with van der Waals surface area (Å²) in [6.45, 7) is 6.35. The van der Waals surface area contributed by atoms with Gasteiger partial charge in [-0.15, -0.1) is 0 Å². The highest BCUT2D eigenvalue weighted by Crippen LogP contribution is 2.24. The first-order valence-corrected chi connectivity index (χ1v) is 8.57. The lowest BCUT2D eigenvalue weighted by molar-refractivity contribution is -0.123. The highest BCUT2D eigenvalue weighted by Gasteiger charge is 2.27. The van der Waals surface area contributed by atoms with Crippen LogP contribution in [0.15, 0.2) is 30.1 Å². The summed E-state index contributed by atoms with van der Waals surface area (Å²) in [5, 5.41) is 2.86. The van der Waals surface area contributed by atoms with Crippen LogP contribution in [0.3, 0.4) is 0 Å². The third kappa shape index (κ3) is 5.29. The molecular weight excluding hydrogens is 337 g/mol. The number of nitrogens with two attached hydrogens (primary N) is 1. The maximum atomic E-state index is 12.6. The van der Waals surface area contributed by atoms with E-state index in [4.69, 9.17) is 10.5 Å². The molecule has 0 fully saturated rings. The Bertz CT molecular complexity index is 710. The number of amides is 2. The van der Waals surface area contributed by atoms with Crippen LogP contribution in [-0.4, -0.2) is 48.5 Å². The molecule has 0 unspecified atom stereocenters. The highest BCUT2D eigenvalue weighted by molar-refractivity contribution is 5.99. The van der Waals surface area contributed by atoms with Crippen LogP contribution in [0.5, 0.6) is 5.75 Å². The summed E-state index contributed by atoms with van der Waals surface area (Å²) in [6.07, 6.45) is 1.08. The summed E-state index contributed by atoms with van der Waals surface area (Å²) in [5.41, 5.74) is 6.84. The topological polar surface area (TPSA) is 84.7 Å². The minimum atomic E-state index is -0.337. The smallest absolute Gasteiger partial charge is 0.254 e. The van der Waals surface area contributed by atoms with Crippen molar-refractivity contribution in [3.05, 3.63) is 41.2 Å². The third-order valence-electron chi connectivity index (χ3n) is 3.93. The number of ether oxygens (including phenoxy) is 1. The minimum absolute atomic E-state index is 0.0367. The second kappa shape index (κ2) is 8.31. The van der Waals surface area contributed by atoms with Crippen molar-refractivity contribution in [1.82, 2.24) is 10.2 Å². The SMILES string of the molecule is CC(C)(C)NC(=O)CN1CCc2cc(OC/C(=C\F)CN)ccc2C1=O. The fourth-order valence-electron chi connectivity index (χ4n) is 2.70. The second-order valence-corrected chi connectivity index (χ2v) is 7.35. The van der Waals surface area contributed by atoms with E-state index in [0.29, 0.717) is 36.2 Å². The van der Waals surface area contributed by atoms with E-state index >= 15 is 0 Å². The lowest BCUT2D eigenvalue weighted by Gasteiger charge is -2.30. The van der Waals surface area contributed by atoms with Crippen LogP contribution in [0.25, 0.3) is 0 Å². The molecule has 1 aliphatic rings. The Hall–Kier alpha value is -2.41. The number of rotatable bonds is 6. The fraction of sp³-hybridized carbons (Fsp3) is 0.474. The standard InChI is InChI=1S/C19H26FN3O3/c1-19(2,3)22-17(24)11-23-7-6-14-8-15(4-5-16(14)18(23)25)26-12-13(9-20)10-21/h4-5,8-9H,6-7,10-12,21H2,1-3H3,(H,22,24)/b13-9-. The van der Waals surface area contributed by atoms with Gasteiger partial charge in [0.2, 0.25) is 5.91 Å². The molecule has 6 nitrogen and oxygen atoms in total. The van der Waals surface area contributed by atoms with Gasteiger partial charge in [0.15, 0.2) is 0 Å². The quantitative estimate of drug-likeness (QED) is 0.807. The van der Waals surface area contributed by atoms with Crippen molar-refractivity contribution in [2.45, 2.75) is 32.7 Å². The molecule has 1 aliphatic heterocycles. The Morgan fingerprint density at radius 1 is 1.42 bits per heavy atom. The summed E-state index contributed by atoms with van der Waals surface area (Å²) >= 11 is 0. The number of halogens is 1. The molecule has 0 spiro atoms. The van der Waals surface area contributed by atoms with Crippen LogP contribution < -0.4 is 15.8 Å². The molecule has 142 valence electrons. The molecular formula is C19H26FN3O3.